The normalized spacial score (nSPS) is 12.3. The third-order valence-electron chi connectivity index (χ3n) is 2.18. The van der Waals surface area contributed by atoms with E-state index in [2.05, 4.69) is 5.32 Å². The van der Waals surface area contributed by atoms with Crippen LogP contribution in [-0.4, -0.2) is 19.7 Å². The van der Waals surface area contributed by atoms with Gasteiger partial charge in [-0.25, -0.2) is 0 Å². The summed E-state index contributed by atoms with van der Waals surface area (Å²) in [6.07, 6.45) is 0.875. The first-order chi connectivity index (χ1) is 7.56. The van der Waals surface area contributed by atoms with Gasteiger partial charge in [-0.15, -0.1) is 0 Å². The number of anilines is 1. The molecule has 0 bridgehead atoms. The average molecular weight is 263 g/mol. The van der Waals surface area contributed by atoms with E-state index in [4.69, 9.17) is 33.7 Å². The molecule has 1 aromatic rings. The van der Waals surface area contributed by atoms with Crippen molar-refractivity contribution >= 4 is 28.9 Å². The molecule has 90 valence electrons. The summed E-state index contributed by atoms with van der Waals surface area (Å²) in [6, 6.07) is 3.79. The topological polar surface area (TPSA) is 47.3 Å². The van der Waals surface area contributed by atoms with Crippen LogP contribution in [-0.2, 0) is 0 Å². The summed E-state index contributed by atoms with van der Waals surface area (Å²) in [7, 11) is 1.56. The number of hydrogen-bond acceptors (Lipinski definition) is 3. The van der Waals surface area contributed by atoms with Gasteiger partial charge in [0.2, 0.25) is 0 Å². The lowest BCUT2D eigenvalue weighted by atomic mass is 10.2. The lowest BCUT2D eigenvalue weighted by molar-refractivity contribution is 0.415. The Morgan fingerprint density at radius 2 is 2.06 bits per heavy atom. The predicted molar refractivity (Wildman–Crippen MR) is 69.8 cm³/mol. The van der Waals surface area contributed by atoms with Gasteiger partial charge in [-0.1, -0.05) is 23.2 Å². The van der Waals surface area contributed by atoms with Crippen LogP contribution in [0.25, 0.3) is 0 Å². The molecule has 3 N–H and O–H groups in total. The third kappa shape index (κ3) is 3.44. The molecule has 0 aliphatic rings. The van der Waals surface area contributed by atoms with Crippen LogP contribution in [0.3, 0.4) is 0 Å². The highest BCUT2D eigenvalue weighted by atomic mass is 35.5. The number of nitrogens with one attached hydrogen (secondary N) is 1. The second-order valence-corrected chi connectivity index (χ2v) is 4.39. The Balaban J connectivity index is 2.71. The Kier molecular flexibility index (Phi) is 5.19. The largest absolute Gasteiger partial charge is 0.495 e. The fraction of sp³-hybridized carbons (Fsp3) is 0.455. The van der Waals surface area contributed by atoms with Crippen molar-refractivity contribution in [3.8, 4) is 5.75 Å². The molecule has 0 aromatic heterocycles. The number of hydrogen-bond donors (Lipinski definition) is 2. The van der Waals surface area contributed by atoms with Gasteiger partial charge >= 0.3 is 0 Å². The molecule has 0 saturated carbocycles. The first-order valence-electron chi connectivity index (χ1n) is 5.07. The molecule has 0 aliphatic carbocycles. The third-order valence-corrected chi connectivity index (χ3v) is 3.05. The van der Waals surface area contributed by atoms with Crippen molar-refractivity contribution in [2.75, 3.05) is 19.0 Å². The van der Waals surface area contributed by atoms with E-state index in [1.54, 1.807) is 13.2 Å². The highest BCUT2D eigenvalue weighted by molar-refractivity contribution is 6.44. The summed E-state index contributed by atoms with van der Waals surface area (Å²) in [5, 5.41) is 4.09. The number of nitrogens with two attached hydrogens (primary N) is 1. The highest BCUT2D eigenvalue weighted by Crippen LogP contribution is 2.37. The number of halogens is 2. The van der Waals surface area contributed by atoms with Gasteiger partial charge in [-0.2, -0.15) is 0 Å². The molecule has 1 aromatic carbocycles. The fourth-order valence-electron chi connectivity index (χ4n) is 1.26. The van der Waals surface area contributed by atoms with Crippen molar-refractivity contribution in [2.24, 2.45) is 5.73 Å². The van der Waals surface area contributed by atoms with Gasteiger partial charge < -0.3 is 15.8 Å². The maximum atomic E-state index is 6.09. The van der Waals surface area contributed by atoms with E-state index in [0.717, 1.165) is 18.7 Å². The molecule has 0 saturated heterocycles. The van der Waals surface area contributed by atoms with E-state index in [-0.39, 0.29) is 6.04 Å². The Morgan fingerprint density at radius 1 is 1.38 bits per heavy atom. The molecule has 3 nitrogen and oxygen atoms in total. The molecule has 5 heteroatoms. The summed E-state index contributed by atoms with van der Waals surface area (Å²) in [5.74, 6) is 0.574. The van der Waals surface area contributed by atoms with E-state index >= 15 is 0 Å². The monoisotopic (exact) mass is 262 g/mol. The minimum Gasteiger partial charge on any atom is -0.495 e. The van der Waals surface area contributed by atoms with Gasteiger partial charge in [0.05, 0.1) is 17.8 Å². The van der Waals surface area contributed by atoms with Crippen LogP contribution in [0.4, 0.5) is 5.69 Å². The molecule has 0 spiro atoms. The van der Waals surface area contributed by atoms with Crippen LogP contribution in [0.2, 0.25) is 10.0 Å². The van der Waals surface area contributed by atoms with Gasteiger partial charge in [0, 0.05) is 12.6 Å². The molecule has 0 fully saturated rings. The molecule has 16 heavy (non-hydrogen) atoms. The van der Waals surface area contributed by atoms with Crippen molar-refractivity contribution in [1.29, 1.82) is 0 Å². The summed E-state index contributed by atoms with van der Waals surface area (Å²) in [5.41, 5.74) is 6.45. The van der Waals surface area contributed by atoms with Gasteiger partial charge in [0.1, 0.15) is 10.8 Å². The van der Waals surface area contributed by atoms with E-state index in [1.807, 2.05) is 13.0 Å². The molecule has 1 rings (SSSR count). The van der Waals surface area contributed by atoms with Crippen LogP contribution in [0.5, 0.6) is 5.75 Å². The number of ether oxygens (including phenoxy) is 1. The molecule has 1 unspecified atom stereocenters. The maximum Gasteiger partial charge on any atom is 0.139 e. The van der Waals surface area contributed by atoms with E-state index in [1.165, 1.54) is 0 Å². The van der Waals surface area contributed by atoms with Gasteiger partial charge in [0.25, 0.3) is 0 Å². The fourth-order valence-corrected chi connectivity index (χ4v) is 1.73. The zero-order valence-corrected chi connectivity index (χ0v) is 10.9. The Morgan fingerprint density at radius 3 is 2.62 bits per heavy atom. The number of benzene rings is 1. The van der Waals surface area contributed by atoms with E-state index in [0.29, 0.717) is 15.8 Å². The van der Waals surface area contributed by atoms with Crippen molar-refractivity contribution < 1.29 is 4.74 Å². The summed E-state index contributed by atoms with van der Waals surface area (Å²) < 4.78 is 5.06. The first kappa shape index (κ1) is 13.4. The van der Waals surface area contributed by atoms with Crippen LogP contribution in [0.1, 0.15) is 13.3 Å². The van der Waals surface area contributed by atoms with Crippen LogP contribution in [0, 0.1) is 0 Å². The van der Waals surface area contributed by atoms with Crippen LogP contribution >= 0.6 is 23.2 Å². The predicted octanol–water partition coefficient (Wildman–Crippen LogP) is 3.15. The standard InChI is InChI=1S/C11H16Cl2N2O/c1-7(14)5-6-15-8-3-4-9(16-2)11(13)10(8)12/h3-4,7,15H,5-6,14H2,1-2H3. The lowest BCUT2D eigenvalue weighted by Crippen LogP contribution is -2.19. The minimum absolute atomic E-state index is 0.167. The van der Waals surface area contributed by atoms with Gasteiger partial charge in [-0.05, 0) is 25.5 Å². The molecule has 0 amide bonds. The SMILES string of the molecule is COc1ccc(NCCC(C)N)c(Cl)c1Cl. The van der Waals surface area contributed by atoms with Crippen LogP contribution < -0.4 is 15.8 Å². The lowest BCUT2D eigenvalue weighted by Gasteiger charge is -2.12. The average Bonchev–Trinajstić information content (AvgIpc) is 2.24. The van der Waals surface area contributed by atoms with E-state index < -0.39 is 0 Å². The number of methoxy groups -OCH3 is 1. The molecule has 0 radical (unpaired) electrons. The van der Waals surface area contributed by atoms with Crippen LogP contribution in [0.15, 0.2) is 12.1 Å². The Labute approximate surface area is 106 Å². The molecular formula is C11H16Cl2N2O. The quantitative estimate of drug-likeness (QED) is 0.857. The zero-order chi connectivity index (χ0) is 12.1. The smallest absolute Gasteiger partial charge is 0.139 e. The van der Waals surface area contributed by atoms with E-state index in [9.17, 15) is 0 Å². The highest BCUT2D eigenvalue weighted by Gasteiger charge is 2.09. The Hall–Kier alpha value is -0.640. The van der Waals surface area contributed by atoms with Gasteiger partial charge in [0.15, 0.2) is 0 Å². The summed E-state index contributed by atoms with van der Waals surface area (Å²) in [4.78, 5) is 0. The summed E-state index contributed by atoms with van der Waals surface area (Å²) in [6.45, 7) is 2.73. The first-order valence-corrected chi connectivity index (χ1v) is 5.83. The van der Waals surface area contributed by atoms with Gasteiger partial charge in [-0.3, -0.25) is 0 Å². The minimum atomic E-state index is 0.167. The van der Waals surface area contributed by atoms with Crippen molar-refractivity contribution in [3.05, 3.63) is 22.2 Å². The summed E-state index contributed by atoms with van der Waals surface area (Å²) >= 11 is 12.1. The van der Waals surface area contributed by atoms with Crippen molar-refractivity contribution in [2.45, 2.75) is 19.4 Å². The molecule has 1 atom stereocenters. The number of rotatable bonds is 5. The molecule has 0 aliphatic heterocycles. The zero-order valence-electron chi connectivity index (χ0n) is 9.39. The Bertz CT molecular complexity index is 356. The maximum absolute atomic E-state index is 6.09. The molecule has 0 heterocycles. The molecular weight excluding hydrogens is 247 g/mol. The second-order valence-electron chi connectivity index (χ2n) is 3.64. The van der Waals surface area contributed by atoms with Crippen molar-refractivity contribution in [3.63, 3.8) is 0 Å². The second kappa shape index (κ2) is 6.18. The van der Waals surface area contributed by atoms with Crippen molar-refractivity contribution in [1.82, 2.24) is 0 Å².